The maximum atomic E-state index is 5.01. The van der Waals surface area contributed by atoms with Crippen molar-refractivity contribution in [2.75, 3.05) is 65.7 Å². The van der Waals surface area contributed by atoms with Crippen LogP contribution < -0.4 is 5.32 Å². The zero-order chi connectivity index (χ0) is 19.1. The second kappa shape index (κ2) is 10.3. The number of guanidine groups is 1. The van der Waals surface area contributed by atoms with Crippen molar-refractivity contribution in [1.82, 2.24) is 20.0 Å². The molecule has 0 aliphatic carbocycles. The number of hydrogen-bond acceptors (Lipinski definition) is 4. The number of likely N-dealkylation sites (tertiary alicyclic amines) is 1. The van der Waals surface area contributed by atoms with E-state index in [0.29, 0.717) is 6.04 Å². The molecule has 27 heavy (non-hydrogen) atoms. The van der Waals surface area contributed by atoms with Crippen LogP contribution in [0.1, 0.15) is 13.3 Å². The van der Waals surface area contributed by atoms with E-state index in [1.54, 1.807) is 0 Å². The number of nitrogens with zero attached hydrogens (tertiary/aromatic N) is 4. The van der Waals surface area contributed by atoms with Gasteiger partial charge in [0, 0.05) is 56.0 Å². The van der Waals surface area contributed by atoms with Gasteiger partial charge in [0.2, 0.25) is 0 Å². The first-order chi connectivity index (χ1) is 13.2. The fourth-order valence-corrected chi connectivity index (χ4v) is 4.86. The molecule has 2 fully saturated rings. The lowest BCUT2D eigenvalue weighted by molar-refractivity contribution is 0.119. The fraction of sp³-hybridized carbons (Fsp3) is 0.667. The molecule has 0 amide bonds. The minimum Gasteiger partial charge on any atom is -0.357 e. The van der Waals surface area contributed by atoms with Crippen molar-refractivity contribution in [3.05, 3.63) is 30.3 Å². The van der Waals surface area contributed by atoms with Crippen molar-refractivity contribution in [2.24, 2.45) is 10.9 Å². The average Bonchev–Trinajstić information content (AvgIpc) is 3.15. The molecule has 2 saturated heterocycles. The molecule has 1 aromatic carbocycles. The van der Waals surface area contributed by atoms with Crippen molar-refractivity contribution in [2.45, 2.75) is 24.3 Å². The van der Waals surface area contributed by atoms with Crippen LogP contribution in [-0.2, 0) is 0 Å². The standard InChI is InChI=1S/C21H35N5S/c1-4-22-21(23-14-19-16-24(2)12-13-25(19)3)26-11-10-18(15-26)17-27-20-8-6-5-7-9-20/h5-9,18-19H,4,10-17H2,1-3H3,(H,22,23). The Morgan fingerprint density at radius 1 is 1.15 bits per heavy atom. The smallest absolute Gasteiger partial charge is 0.193 e. The Labute approximate surface area is 169 Å². The zero-order valence-corrected chi connectivity index (χ0v) is 17.9. The van der Waals surface area contributed by atoms with Crippen LogP contribution in [-0.4, -0.2) is 92.4 Å². The Morgan fingerprint density at radius 2 is 1.96 bits per heavy atom. The summed E-state index contributed by atoms with van der Waals surface area (Å²) in [7, 11) is 4.44. The predicted molar refractivity (Wildman–Crippen MR) is 117 cm³/mol. The van der Waals surface area contributed by atoms with Crippen LogP contribution in [0.25, 0.3) is 0 Å². The molecule has 2 atom stereocenters. The molecule has 0 radical (unpaired) electrons. The third kappa shape index (κ3) is 6.13. The molecule has 2 heterocycles. The van der Waals surface area contributed by atoms with Crippen LogP contribution in [0.5, 0.6) is 0 Å². The second-order valence-electron chi connectivity index (χ2n) is 7.82. The van der Waals surface area contributed by atoms with E-state index in [2.05, 4.69) is 71.4 Å². The number of thioether (sulfide) groups is 1. The molecule has 3 rings (SSSR count). The molecule has 1 N–H and O–H groups in total. The van der Waals surface area contributed by atoms with Crippen molar-refractivity contribution in [3.8, 4) is 0 Å². The minimum absolute atomic E-state index is 0.518. The van der Waals surface area contributed by atoms with Crippen LogP contribution >= 0.6 is 11.8 Å². The number of rotatable bonds is 6. The summed E-state index contributed by atoms with van der Waals surface area (Å²) in [5.74, 6) is 3.03. The summed E-state index contributed by atoms with van der Waals surface area (Å²) in [6, 6.07) is 11.3. The second-order valence-corrected chi connectivity index (χ2v) is 8.91. The van der Waals surface area contributed by atoms with Gasteiger partial charge >= 0.3 is 0 Å². The number of aliphatic imine (C=N–C) groups is 1. The SMILES string of the molecule is CCNC(=NCC1CN(C)CCN1C)N1CCC(CSc2ccccc2)C1. The Bertz CT molecular complexity index is 593. The normalized spacial score (nSPS) is 25.1. The predicted octanol–water partition coefficient (Wildman–Crippen LogP) is 2.31. The molecule has 5 nitrogen and oxygen atoms in total. The summed E-state index contributed by atoms with van der Waals surface area (Å²) < 4.78 is 0. The highest BCUT2D eigenvalue weighted by Gasteiger charge is 2.26. The van der Waals surface area contributed by atoms with Gasteiger partial charge < -0.3 is 15.1 Å². The Morgan fingerprint density at radius 3 is 2.74 bits per heavy atom. The monoisotopic (exact) mass is 389 g/mol. The third-order valence-corrected chi connectivity index (χ3v) is 6.82. The van der Waals surface area contributed by atoms with E-state index >= 15 is 0 Å². The van der Waals surface area contributed by atoms with Gasteiger partial charge in [0.15, 0.2) is 5.96 Å². The van der Waals surface area contributed by atoms with Crippen molar-refractivity contribution in [1.29, 1.82) is 0 Å². The van der Waals surface area contributed by atoms with Gasteiger partial charge in [-0.15, -0.1) is 11.8 Å². The first-order valence-corrected chi connectivity index (χ1v) is 11.2. The number of nitrogens with one attached hydrogen (secondary N) is 1. The van der Waals surface area contributed by atoms with E-state index in [1.807, 2.05) is 11.8 Å². The van der Waals surface area contributed by atoms with Gasteiger partial charge in [-0.1, -0.05) is 18.2 Å². The minimum atomic E-state index is 0.518. The lowest BCUT2D eigenvalue weighted by Gasteiger charge is -2.37. The molecule has 150 valence electrons. The maximum Gasteiger partial charge on any atom is 0.193 e. The summed E-state index contributed by atoms with van der Waals surface area (Å²) in [5, 5.41) is 3.52. The molecule has 2 aliphatic heterocycles. The number of hydrogen-bond donors (Lipinski definition) is 1. The highest BCUT2D eigenvalue weighted by Crippen LogP contribution is 2.25. The van der Waals surface area contributed by atoms with E-state index < -0.39 is 0 Å². The molecule has 6 heteroatoms. The largest absolute Gasteiger partial charge is 0.357 e. The summed E-state index contributed by atoms with van der Waals surface area (Å²) in [5.41, 5.74) is 0. The van der Waals surface area contributed by atoms with Gasteiger partial charge in [-0.05, 0) is 45.5 Å². The molecule has 0 spiro atoms. The Kier molecular flexibility index (Phi) is 7.85. The lowest BCUT2D eigenvalue weighted by atomic mass is 10.2. The summed E-state index contributed by atoms with van der Waals surface area (Å²) in [4.78, 5) is 13.7. The van der Waals surface area contributed by atoms with Crippen molar-refractivity contribution < 1.29 is 0 Å². The lowest BCUT2D eigenvalue weighted by Crippen LogP contribution is -2.51. The fourth-order valence-electron chi connectivity index (χ4n) is 3.81. The van der Waals surface area contributed by atoms with E-state index in [1.165, 1.54) is 17.1 Å². The molecule has 2 aliphatic rings. The van der Waals surface area contributed by atoms with E-state index in [-0.39, 0.29) is 0 Å². The van der Waals surface area contributed by atoms with Gasteiger partial charge in [-0.25, -0.2) is 0 Å². The van der Waals surface area contributed by atoms with E-state index in [0.717, 1.165) is 57.7 Å². The number of piperazine rings is 1. The third-order valence-electron chi connectivity index (χ3n) is 5.58. The molecular formula is C21H35N5S. The molecule has 0 bridgehead atoms. The van der Waals surface area contributed by atoms with Crippen LogP contribution in [0.3, 0.4) is 0 Å². The summed E-state index contributed by atoms with van der Waals surface area (Å²) in [6.07, 6.45) is 1.26. The molecular weight excluding hydrogens is 354 g/mol. The molecule has 0 aromatic heterocycles. The van der Waals surface area contributed by atoms with Crippen LogP contribution in [0.2, 0.25) is 0 Å². The molecule has 1 aromatic rings. The number of likely N-dealkylation sites (N-methyl/N-ethyl adjacent to an activating group) is 2. The zero-order valence-electron chi connectivity index (χ0n) is 17.1. The summed E-state index contributed by atoms with van der Waals surface area (Å²) >= 11 is 1.98. The van der Waals surface area contributed by atoms with E-state index in [9.17, 15) is 0 Å². The first-order valence-electron chi connectivity index (χ1n) is 10.3. The quantitative estimate of drug-likeness (QED) is 0.459. The highest BCUT2D eigenvalue weighted by molar-refractivity contribution is 7.99. The Hall–Kier alpha value is -1.24. The van der Waals surface area contributed by atoms with E-state index in [4.69, 9.17) is 4.99 Å². The van der Waals surface area contributed by atoms with Gasteiger partial charge in [0.25, 0.3) is 0 Å². The van der Waals surface area contributed by atoms with Crippen molar-refractivity contribution >= 4 is 17.7 Å². The molecule has 0 saturated carbocycles. The van der Waals surface area contributed by atoms with Gasteiger partial charge in [0.05, 0.1) is 6.54 Å². The van der Waals surface area contributed by atoms with Gasteiger partial charge in [-0.2, -0.15) is 0 Å². The summed E-state index contributed by atoms with van der Waals surface area (Å²) in [6.45, 7) is 9.60. The topological polar surface area (TPSA) is 34.1 Å². The Balaban J connectivity index is 1.52. The highest BCUT2D eigenvalue weighted by atomic mass is 32.2. The first kappa shape index (κ1) is 20.5. The number of benzene rings is 1. The average molecular weight is 390 g/mol. The van der Waals surface area contributed by atoms with Crippen LogP contribution in [0, 0.1) is 5.92 Å². The van der Waals surface area contributed by atoms with Gasteiger partial charge in [-0.3, -0.25) is 9.89 Å². The van der Waals surface area contributed by atoms with Crippen LogP contribution in [0.15, 0.2) is 40.2 Å². The van der Waals surface area contributed by atoms with Crippen LogP contribution in [0.4, 0.5) is 0 Å². The molecule has 2 unspecified atom stereocenters. The van der Waals surface area contributed by atoms with Gasteiger partial charge in [0.1, 0.15) is 0 Å². The van der Waals surface area contributed by atoms with Crippen molar-refractivity contribution in [3.63, 3.8) is 0 Å². The maximum absolute atomic E-state index is 5.01.